The molecule has 156 valence electrons. The maximum Gasteiger partial charge on any atom is 0.319 e. The van der Waals surface area contributed by atoms with Gasteiger partial charge in [-0.15, -0.1) is 0 Å². The highest BCUT2D eigenvalue weighted by atomic mass is 16.5. The zero-order valence-corrected chi connectivity index (χ0v) is 17.0. The highest BCUT2D eigenvalue weighted by Crippen LogP contribution is 2.29. The molecule has 0 aromatic heterocycles. The molecule has 2 heterocycles. The summed E-state index contributed by atoms with van der Waals surface area (Å²) < 4.78 is 5.57. The van der Waals surface area contributed by atoms with Crippen molar-refractivity contribution in [3.63, 3.8) is 0 Å². The maximum atomic E-state index is 13.3. The van der Waals surface area contributed by atoms with Gasteiger partial charge in [0, 0.05) is 49.2 Å². The minimum Gasteiger partial charge on any atom is -0.494 e. The van der Waals surface area contributed by atoms with Gasteiger partial charge in [0.05, 0.1) is 12.6 Å². The zero-order chi connectivity index (χ0) is 20.9. The first-order valence-corrected chi connectivity index (χ1v) is 10.3. The minimum absolute atomic E-state index is 0.124. The molecule has 2 aromatic rings. The van der Waals surface area contributed by atoms with E-state index >= 15 is 0 Å². The van der Waals surface area contributed by atoms with Crippen molar-refractivity contribution in [3.05, 3.63) is 71.4 Å². The Morgan fingerprint density at radius 3 is 2.63 bits per heavy atom. The number of urea groups is 1. The Morgan fingerprint density at radius 1 is 1.13 bits per heavy atom. The highest BCUT2D eigenvalue weighted by molar-refractivity contribution is 6.10. The Balaban J connectivity index is 1.58. The van der Waals surface area contributed by atoms with Crippen LogP contribution in [0.25, 0.3) is 0 Å². The van der Waals surface area contributed by atoms with Gasteiger partial charge in [0.15, 0.2) is 5.78 Å². The summed E-state index contributed by atoms with van der Waals surface area (Å²) in [7, 11) is 0. The summed E-state index contributed by atoms with van der Waals surface area (Å²) >= 11 is 0. The zero-order valence-electron chi connectivity index (χ0n) is 17.0. The number of Topliss-reactive ketones (excluding diaryl/α,β-unsaturated/α-hetero) is 1. The van der Waals surface area contributed by atoms with Crippen LogP contribution in [0.4, 0.5) is 10.5 Å². The normalized spacial score (nSPS) is 18.8. The summed E-state index contributed by atoms with van der Waals surface area (Å²) in [6, 6.07) is 14.2. The van der Waals surface area contributed by atoms with Gasteiger partial charge in [-0.05, 0) is 48.9 Å². The smallest absolute Gasteiger partial charge is 0.319 e. The third kappa shape index (κ3) is 4.31. The van der Waals surface area contributed by atoms with E-state index < -0.39 is 6.04 Å². The molecule has 4 rings (SSSR count). The molecule has 1 fully saturated rings. The molecule has 1 atom stereocenters. The van der Waals surface area contributed by atoms with Crippen molar-refractivity contribution in [3.8, 4) is 5.75 Å². The first-order valence-electron chi connectivity index (χ1n) is 10.3. The standard InChI is InChI=1S/C23H26N4O3/c1-2-30-19-5-3-4-17(14-19)21-20(15-25-23(29)26-21)22(28)16-6-8-18(9-7-16)27-12-10-24-11-13-27/h3-9,14-15,21,24H,2,10-13H2,1H3,(H2,25,26,29). The van der Waals surface area contributed by atoms with Gasteiger partial charge in [0.1, 0.15) is 5.75 Å². The Hall–Kier alpha value is -3.32. The number of nitrogens with one attached hydrogen (secondary N) is 3. The van der Waals surface area contributed by atoms with E-state index in [-0.39, 0.29) is 11.8 Å². The fraction of sp³-hybridized carbons (Fsp3) is 0.304. The molecule has 0 bridgehead atoms. The summed E-state index contributed by atoms with van der Waals surface area (Å²) in [6.45, 7) is 6.28. The number of hydrogen-bond donors (Lipinski definition) is 3. The van der Waals surface area contributed by atoms with Crippen molar-refractivity contribution in [2.24, 2.45) is 0 Å². The van der Waals surface area contributed by atoms with Crippen molar-refractivity contribution in [2.45, 2.75) is 13.0 Å². The second-order valence-corrected chi connectivity index (χ2v) is 7.27. The van der Waals surface area contributed by atoms with E-state index in [1.54, 1.807) is 0 Å². The Labute approximate surface area is 176 Å². The Kier molecular flexibility index (Phi) is 5.99. The lowest BCUT2D eigenvalue weighted by Gasteiger charge is -2.29. The SMILES string of the molecule is CCOc1cccc(C2NC(=O)NC=C2C(=O)c2ccc(N3CCNCC3)cc2)c1. The predicted octanol–water partition coefficient (Wildman–Crippen LogP) is 2.62. The van der Waals surface area contributed by atoms with Crippen molar-refractivity contribution in [1.29, 1.82) is 0 Å². The molecular weight excluding hydrogens is 380 g/mol. The number of carbonyl (C=O) groups excluding carboxylic acids is 2. The summed E-state index contributed by atoms with van der Waals surface area (Å²) in [5.41, 5.74) is 2.98. The van der Waals surface area contributed by atoms with Gasteiger partial charge in [-0.25, -0.2) is 4.79 Å². The maximum absolute atomic E-state index is 13.3. The van der Waals surface area contributed by atoms with Crippen LogP contribution >= 0.6 is 0 Å². The molecule has 1 saturated heterocycles. The molecule has 2 aliphatic rings. The molecule has 0 aliphatic carbocycles. The van der Waals surface area contributed by atoms with Crippen LogP contribution in [0.1, 0.15) is 28.9 Å². The number of ether oxygens (including phenoxy) is 1. The number of hydrogen-bond acceptors (Lipinski definition) is 5. The van der Waals surface area contributed by atoms with E-state index in [0.717, 1.165) is 37.4 Å². The molecule has 3 N–H and O–H groups in total. The van der Waals surface area contributed by atoms with Crippen LogP contribution in [0.2, 0.25) is 0 Å². The van der Waals surface area contributed by atoms with Crippen LogP contribution in [-0.2, 0) is 0 Å². The molecule has 7 heteroatoms. The summed E-state index contributed by atoms with van der Waals surface area (Å²) in [5, 5.41) is 8.80. The van der Waals surface area contributed by atoms with Crippen molar-refractivity contribution in [1.82, 2.24) is 16.0 Å². The lowest BCUT2D eigenvalue weighted by atomic mass is 9.91. The summed E-state index contributed by atoms with van der Waals surface area (Å²) in [5.74, 6) is 0.580. The molecule has 30 heavy (non-hydrogen) atoms. The fourth-order valence-electron chi connectivity index (χ4n) is 3.80. The first-order chi connectivity index (χ1) is 14.7. The van der Waals surface area contributed by atoms with Gasteiger partial charge >= 0.3 is 6.03 Å². The van der Waals surface area contributed by atoms with Gasteiger partial charge in [0.2, 0.25) is 0 Å². The number of carbonyl (C=O) groups is 2. The molecule has 7 nitrogen and oxygen atoms in total. The van der Waals surface area contributed by atoms with E-state index in [9.17, 15) is 9.59 Å². The van der Waals surface area contributed by atoms with Crippen LogP contribution in [0.3, 0.4) is 0 Å². The third-order valence-electron chi connectivity index (χ3n) is 5.32. The molecule has 2 amide bonds. The number of benzene rings is 2. The van der Waals surface area contributed by atoms with Crippen LogP contribution in [0.15, 0.2) is 60.3 Å². The van der Waals surface area contributed by atoms with Gasteiger partial charge < -0.3 is 25.6 Å². The second-order valence-electron chi connectivity index (χ2n) is 7.27. The lowest BCUT2D eigenvalue weighted by molar-refractivity contribution is 0.102. The molecule has 2 aliphatic heterocycles. The lowest BCUT2D eigenvalue weighted by Crippen LogP contribution is -2.43. The number of ketones is 1. The van der Waals surface area contributed by atoms with Gasteiger partial charge in [0.25, 0.3) is 0 Å². The Bertz CT molecular complexity index is 949. The highest BCUT2D eigenvalue weighted by Gasteiger charge is 2.29. The van der Waals surface area contributed by atoms with Gasteiger partial charge in [-0.3, -0.25) is 4.79 Å². The topological polar surface area (TPSA) is 82.7 Å². The van der Waals surface area contributed by atoms with E-state index in [4.69, 9.17) is 4.74 Å². The number of rotatable bonds is 6. The largest absolute Gasteiger partial charge is 0.494 e. The average Bonchev–Trinajstić information content (AvgIpc) is 2.80. The predicted molar refractivity (Wildman–Crippen MR) is 116 cm³/mol. The molecule has 0 radical (unpaired) electrons. The average molecular weight is 406 g/mol. The van der Waals surface area contributed by atoms with Crippen LogP contribution in [-0.4, -0.2) is 44.6 Å². The van der Waals surface area contributed by atoms with E-state index in [1.807, 2.05) is 55.5 Å². The van der Waals surface area contributed by atoms with E-state index in [2.05, 4.69) is 20.9 Å². The molecule has 0 saturated carbocycles. The number of anilines is 1. The molecule has 0 spiro atoms. The van der Waals surface area contributed by atoms with Crippen molar-refractivity contribution in [2.75, 3.05) is 37.7 Å². The van der Waals surface area contributed by atoms with Crippen molar-refractivity contribution >= 4 is 17.5 Å². The molecule has 2 aromatic carbocycles. The minimum atomic E-state index is -0.542. The number of amides is 2. The number of nitrogens with zero attached hydrogens (tertiary/aromatic N) is 1. The second kappa shape index (κ2) is 9.00. The van der Waals surface area contributed by atoms with Gasteiger partial charge in [-0.2, -0.15) is 0 Å². The first kappa shape index (κ1) is 20.0. The fourth-order valence-corrected chi connectivity index (χ4v) is 3.80. The summed E-state index contributed by atoms with van der Waals surface area (Å²) in [4.78, 5) is 27.5. The van der Waals surface area contributed by atoms with Crippen LogP contribution in [0.5, 0.6) is 5.75 Å². The Morgan fingerprint density at radius 2 is 1.90 bits per heavy atom. The summed E-state index contributed by atoms with van der Waals surface area (Å²) in [6.07, 6.45) is 1.50. The van der Waals surface area contributed by atoms with E-state index in [0.29, 0.717) is 23.5 Å². The van der Waals surface area contributed by atoms with E-state index in [1.165, 1.54) is 6.20 Å². The third-order valence-corrected chi connectivity index (χ3v) is 5.32. The monoisotopic (exact) mass is 406 g/mol. The van der Waals surface area contributed by atoms with Crippen LogP contribution < -0.4 is 25.6 Å². The van der Waals surface area contributed by atoms with Crippen LogP contribution in [0, 0.1) is 0 Å². The molecule has 1 unspecified atom stereocenters. The molecular formula is C23H26N4O3. The van der Waals surface area contributed by atoms with Crippen molar-refractivity contribution < 1.29 is 14.3 Å². The quantitative estimate of drug-likeness (QED) is 0.643. The van der Waals surface area contributed by atoms with Gasteiger partial charge in [-0.1, -0.05) is 12.1 Å². The number of piperazine rings is 1.